The molecule has 1 aromatic rings. The van der Waals surface area contributed by atoms with Gasteiger partial charge in [-0.2, -0.15) is 0 Å². The summed E-state index contributed by atoms with van der Waals surface area (Å²) in [7, 11) is 0. The Morgan fingerprint density at radius 3 is 2.78 bits per heavy atom. The van der Waals surface area contributed by atoms with Crippen molar-refractivity contribution in [2.45, 2.75) is 46.0 Å². The van der Waals surface area contributed by atoms with E-state index in [0.717, 1.165) is 44.0 Å². The van der Waals surface area contributed by atoms with E-state index in [4.69, 9.17) is 0 Å². The first kappa shape index (κ1) is 13.1. The molecule has 4 heteroatoms. The third kappa shape index (κ3) is 3.12. The molecule has 0 saturated heterocycles. The monoisotopic (exact) mass is 249 g/mol. The van der Waals surface area contributed by atoms with Crippen LogP contribution < -0.4 is 10.5 Å². The molecule has 0 aromatic carbocycles. The lowest BCUT2D eigenvalue weighted by Crippen LogP contribution is -2.30. The third-order valence-corrected chi connectivity index (χ3v) is 3.65. The Balaban J connectivity index is 2.21. The van der Waals surface area contributed by atoms with Gasteiger partial charge in [-0.25, -0.2) is 4.98 Å². The number of rotatable bonds is 6. The van der Waals surface area contributed by atoms with Gasteiger partial charge in [0.2, 0.25) is 0 Å². The average Bonchev–Trinajstić information content (AvgIpc) is 3.18. The number of nitrogens with one attached hydrogen (secondary N) is 1. The van der Waals surface area contributed by atoms with Gasteiger partial charge in [-0.1, -0.05) is 20.3 Å². The number of hydrogen-bond acceptors (Lipinski definition) is 3. The van der Waals surface area contributed by atoms with Crippen molar-refractivity contribution in [3.8, 4) is 0 Å². The zero-order chi connectivity index (χ0) is 13.1. The second-order valence-corrected chi connectivity index (χ2v) is 5.32. The van der Waals surface area contributed by atoms with Crippen LogP contribution in [0, 0.1) is 5.92 Å². The first-order chi connectivity index (χ1) is 8.63. The summed E-state index contributed by atoms with van der Waals surface area (Å²) in [6.07, 6.45) is 3.46. The highest BCUT2D eigenvalue weighted by Crippen LogP contribution is 2.37. The second-order valence-electron chi connectivity index (χ2n) is 5.32. The topological polar surface area (TPSA) is 49.0 Å². The predicted octanol–water partition coefficient (Wildman–Crippen LogP) is 2.52. The summed E-state index contributed by atoms with van der Waals surface area (Å²) in [5.41, 5.74) is -0.0236. The van der Waals surface area contributed by atoms with Crippen LogP contribution in [0.4, 0.5) is 5.82 Å². The van der Waals surface area contributed by atoms with E-state index in [1.165, 1.54) is 0 Å². The van der Waals surface area contributed by atoms with E-state index in [1.54, 1.807) is 6.07 Å². The van der Waals surface area contributed by atoms with Gasteiger partial charge in [-0.05, 0) is 25.7 Å². The summed E-state index contributed by atoms with van der Waals surface area (Å²) in [4.78, 5) is 21.4. The van der Waals surface area contributed by atoms with Crippen LogP contribution in [-0.4, -0.2) is 23.1 Å². The third-order valence-electron chi connectivity index (χ3n) is 3.65. The molecular formula is C14H23N3O. The Labute approximate surface area is 108 Å². The van der Waals surface area contributed by atoms with Crippen LogP contribution in [0.15, 0.2) is 10.9 Å². The Bertz CT molecular complexity index is 451. The van der Waals surface area contributed by atoms with Crippen LogP contribution in [0.5, 0.6) is 0 Å². The predicted molar refractivity (Wildman–Crippen MR) is 74.2 cm³/mol. The van der Waals surface area contributed by atoms with Crippen LogP contribution in [-0.2, 0) is 0 Å². The average molecular weight is 249 g/mol. The molecule has 4 nitrogen and oxygen atoms in total. The number of aromatic amines is 1. The molecule has 1 saturated carbocycles. The molecule has 0 radical (unpaired) electrons. The highest BCUT2D eigenvalue weighted by Gasteiger charge is 2.27. The van der Waals surface area contributed by atoms with Crippen molar-refractivity contribution in [2.75, 3.05) is 18.0 Å². The molecule has 1 aliphatic carbocycles. The first-order valence-corrected chi connectivity index (χ1v) is 7.00. The molecule has 1 fully saturated rings. The molecule has 18 heavy (non-hydrogen) atoms. The van der Waals surface area contributed by atoms with Crippen molar-refractivity contribution in [1.82, 2.24) is 9.97 Å². The standard InChI is InChI=1S/C14H23N3O/c1-4-10(3)9-17(5-2)12-8-13(18)16-14(15-12)11-6-7-11/h8,10-11H,4-7,9H2,1-3H3,(H,15,16,18). The number of hydrogen-bond donors (Lipinski definition) is 1. The lowest BCUT2D eigenvalue weighted by atomic mass is 10.1. The quantitative estimate of drug-likeness (QED) is 0.842. The molecule has 100 valence electrons. The van der Waals surface area contributed by atoms with Gasteiger partial charge in [-0.15, -0.1) is 0 Å². The zero-order valence-electron chi connectivity index (χ0n) is 11.6. The largest absolute Gasteiger partial charge is 0.356 e. The van der Waals surface area contributed by atoms with Gasteiger partial charge in [0, 0.05) is 25.1 Å². The van der Waals surface area contributed by atoms with Crippen molar-refractivity contribution in [3.63, 3.8) is 0 Å². The van der Waals surface area contributed by atoms with Crippen molar-refractivity contribution in [1.29, 1.82) is 0 Å². The van der Waals surface area contributed by atoms with Crippen molar-refractivity contribution in [3.05, 3.63) is 22.2 Å². The van der Waals surface area contributed by atoms with Crippen molar-refractivity contribution >= 4 is 5.82 Å². The molecule has 0 aliphatic heterocycles. The summed E-state index contributed by atoms with van der Waals surface area (Å²) in [5, 5.41) is 0. The molecule has 1 heterocycles. The molecule has 1 aromatic heterocycles. The van der Waals surface area contributed by atoms with E-state index in [1.807, 2.05) is 0 Å². The van der Waals surface area contributed by atoms with Crippen molar-refractivity contribution in [2.24, 2.45) is 5.92 Å². The van der Waals surface area contributed by atoms with Crippen LogP contribution in [0.2, 0.25) is 0 Å². The van der Waals surface area contributed by atoms with Gasteiger partial charge in [0.25, 0.3) is 5.56 Å². The van der Waals surface area contributed by atoms with E-state index in [0.29, 0.717) is 11.8 Å². The van der Waals surface area contributed by atoms with E-state index in [2.05, 4.69) is 35.6 Å². The smallest absolute Gasteiger partial charge is 0.252 e. The van der Waals surface area contributed by atoms with Gasteiger partial charge in [0.1, 0.15) is 11.6 Å². The maximum absolute atomic E-state index is 11.7. The number of H-pyrrole nitrogens is 1. The molecule has 0 spiro atoms. The first-order valence-electron chi connectivity index (χ1n) is 7.00. The minimum Gasteiger partial charge on any atom is -0.356 e. The Morgan fingerprint density at radius 2 is 2.22 bits per heavy atom. The van der Waals surface area contributed by atoms with Crippen LogP contribution in [0.25, 0.3) is 0 Å². The van der Waals surface area contributed by atoms with E-state index in [-0.39, 0.29) is 5.56 Å². The normalized spacial score (nSPS) is 16.6. The fourth-order valence-electron chi connectivity index (χ4n) is 2.07. The van der Waals surface area contributed by atoms with E-state index < -0.39 is 0 Å². The number of aromatic nitrogens is 2. The lowest BCUT2D eigenvalue weighted by molar-refractivity contribution is 0.544. The minimum absolute atomic E-state index is 0.0236. The molecule has 1 N–H and O–H groups in total. The molecule has 1 aliphatic rings. The number of nitrogens with zero attached hydrogens (tertiary/aromatic N) is 2. The van der Waals surface area contributed by atoms with Gasteiger partial charge in [-0.3, -0.25) is 4.79 Å². The summed E-state index contributed by atoms with van der Waals surface area (Å²) >= 11 is 0. The Hall–Kier alpha value is -1.32. The van der Waals surface area contributed by atoms with E-state index in [9.17, 15) is 4.79 Å². The van der Waals surface area contributed by atoms with Crippen LogP contribution in [0.1, 0.15) is 51.8 Å². The van der Waals surface area contributed by atoms with Gasteiger partial charge in [0.05, 0.1) is 0 Å². The fourth-order valence-corrected chi connectivity index (χ4v) is 2.07. The van der Waals surface area contributed by atoms with Crippen molar-refractivity contribution < 1.29 is 0 Å². The van der Waals surface area contributed by atoms with Crippen LogP contribution in [0.3, 0.4) is 0 Å². The molecule has 1 atom stereocenters. The maximum atomic E-state index is 11.7. The highest BCUT2D eigenvalue weighted by atomic mass is 16.1. The highest BCUT2D eigenvalue weighted by molar-refractivity contribution is 5.38. The Kier molecular flexibility index (Phi) is 4.04. The summed E-state index contributed by atoms with van der Waals surface area (Å²) in [6.45, 7) is 8.40. The zero-order valence-corrected chi connectivity index (χ0v) is 11.6. The molecule has 0 amide bonds. The fraction of sp³-hybridized carbons (Fsp3) is 0.714. The SMILES string of the molecule is CCC(C)CN(CC)c1cc(=O)[nH]c(C2CC2)n1. The Morgan fingerprint density at radius 1 is 1.50 bits per heavy atom. The van der Waals surface area contributed by atoms with Crippen LogP contribution >= 0.6 is 0 Å². The van der Waals surface area contributed by atoms with E-state index >= 15 is 0 Å². The second kappa shape index (κ2) is 5.55. The summed E-state index contributed by atoms with van der Waals surface area (Å²) < 4.78 is 0. The lowest BCUT2D eigenvalue weighted by Gasteiger charge is -2.25. The maximum Gasteiger partial charge on any atom is 0.252 e. The van der Waals surface area contributed by atoms with Gasteiger partial charge >= 0.3 is 0 Å². The minimum atomic E-state index is -0.0236. The molecular weight excluding hydrogens is 226 g/mol. The summed E-state index contributed by atoms with van der Waals surface area (Å²) in [6, 6.07) is 1.62. The molecule has 2 rings (SSSR count). The molecule has 0 bridgehead atoms. The van der Waals surface area contributed by atoms with Gasteiger partial charge < -0.3 is 9.88 Å². The van der Waals surface area contributed by atoms with Gasteiger partial charge in [0.15, 0.2) is 0 Å². The molecule has 1 unspecified atom stereocenters. The number of anilines is 1. The summed E-state index contributed by atoms with van der Waals surface area (Å²) in [5.74, 6) is 2.82.